The number of fused-ring (bicyclic) bond motifs is 20. The van der Waals surface area contributed by atoms with Gasteiger partial charge in [-0.25, -0.2) is 0 Å². The molecule has 0 amide bonds. The summed E-state index contributed by atoms with van der Waals surface area (Å²) in [5.74, 6) is 1.70. The van der Waals surface area contributed by atoms with Gasteiger partial charge in [-0.2, -0.15) is 0 Å². The first kappa shape index (κ1) is 84.1. The number of aromatic nitrogens is 8. The Kier molecular flexibility index (Phi) is 21.0. The molecule has 140 heavy (non-hydrogen) atoms. The van der Waals surface area contributed by atoms with Crippen LogP contribution in [-0.4, -0.2) is 47.9 Å². The molecular weight excluding hydrogens is 1750 g/mol. The zero-order valence-electron chi connectivity index (χ0n) is 77.1. The maximum atomic E-state index is 6.15. The molecule has 16 aromatic carbocycles. The van der Waals surface area contributed by atoms with E-state index >= 15 is 0 Å². The summed E-state index contributed by atoms with van der Waals surface area (Å²) in [7, 11) is -1.78. The van der Waals surface area contributed by atoms with Crippen molar-refractivity contribution in [2.45, 2.75) is 42.1 Å². The van der Waals surface area contributed by atoms with E-state index in [1.807, 2.05) is 122 Å². The zero-order valence-corrected chi connectivity index (χ0v) is 78.9. The van der Waals surface area contributed by atoms with Gasteiger partial charge < -0.3 is 24.3 Å². The van der Waals surface area contributed by atoms with Crippen LogP contribution in [0.25, 0.3) is 132 Å². The summed E-state index contributed by atoms with van der Waals surface area (Å²) in [6.45, 7) is 9.55. The minimum Gasteiger partial charge on any atom is -0.453 e. The summed E-state index contributed by atoms with van der Waals surface area (Å²) >= 11 is 1.83. The largest absolute Gasteiger partial charge is 0.453 e. The lowest BCUT2D eigenvalue weighted by Gasteiger charge is -2.42. The van der Waals surface area contributed by atoms with Crippen molar-refractivity contribution < 1.29 is 4.74 Å². The lowest BCUT2D eigenvalue weighted by atomic mass is 9.73. The Labute approximate surface area is 815 Å². The van der Waals surface area contributed by atoms with Gasteiger partial charge in [0.15, 0.2) is 11.5 Å². The average molecular weight is 1830 g/mol. The Bertz CT molecular complexity index is 8300. The molecule has 13 nitrogen and oxygen atoms in total. The van der Waals surface area contributed by atoms with E-state index in [1.54, 1.807) is 0 Å². The lowest BCUT2D eigenvalue weighted by Crippen LogP contribution is -2.58. The number of hydrogen-bond donors (Lipinski definition) is 0. The van der Waals surface area contributed by atoms with E-state index in [0.29, 0.717) is 0 Å². The second-order valence-electron chi connectivity index (χ2n) is 36.5. The molecule has 0 fully saturated rings. The van der Waals surface area contributed by atoms with Gasteiger partial charge in [0.25, 0.3) is 0 Å². The average Bonchev–Trinajstić information content (AvgIpc) is 0.723. The van der Waals surface area contributed by atoms with Gasteiger partial charge in [0, 0.05) is 142 Å². The highest BCUT2D eigenvalue weighted by atomic mass is 32.2. The van der Waals surface area contributed by atoms with Gasteiger partial charge in [-0.1, -0.05) is 281 Å². The van der Waals surface area contributed by atoms with E-state index in [9.17, 15) is 0 Å². The summed E-state index contributed by atoms with van der Waals surface area (Å²) in [5.41, 5.74) is 33.5. The van der Waals surface area contributed by atoms with Crippen molar-refractivity contribution in [1.29, 1.82) is 0 Å². The van der Waals surface area contributed by atoms with E-state index in [0.717, 1.165) is 138 Å². The Morgan fingerprint density at radius 3 is 0.814 bits per heavy atom. The van der Waals surface area contributed by atoms with E-state index in [2.05, 4.69) is 438 Å². The van der Waals surface area contributed by atoms with Crippen LogP contribution in [0.5, 0.6) is 11.5 Å². The van der Waals surface area contributed by atoms with Crippen LogP contribution >= 0.6 is 11.8 Å². The topological polar surface area (TPSA) is 125 Å². The Hall–Kier alpha value is -17.6. The van der Waals surface area contributed by atoms with E-state index in [4.69, 9.17) is 4.74 Å². The van der Waals surface area contributed by atoms with E-state index < -0.39 is 8.07 Å². The fourth-order valence-corrected chi connectivity index (χ4v) is 25.1. The molecule has 28 rings (SSSR count). The van der Waals surface area contributed by atoms with Crippen molar-refractivity contribution >= 4 is 186 Å². The third-order valence-corrected chi connectivity index (χ3v) is 32.5. The summed E-state index contributed by atoms with van der Waals surface area (Å²) in [6.07, 6.45) is 14.9. The number of ether oxygens (including phenoxy) is 1. The molecule has 4 aliphatic rings. The molecule has 4 aliphatic heterocycles. The van der Waals surface area contributed by atoms with Crippen molar-refractivity contribution in [2.75, 3.05) is 19.6 Å². The molecule has 0 N–H and O–H groups in total. The van der Waals surface area contributed by atoms with Crippen molar-refractivity contribution in [3.63, 3.8) is 0 Å². The number of anilines is 12. The first-order valence-corrected chi connectivity index (χ1v) is 51.0. The van der Waals surface area contributed by atoms with Crippen LogP contribution in [-0.2, 0) is 5.41 Å². The van der Waals surface area contributed by atoms with E-state index in [1.165, 1.54) is 104 Å². The molecule has 0 aliphatic carbocycles. The third-order valence-electron chi connectivity index (χ3n) is 27.8. The molecule has 0 saturated carbocycles. The monoisotopic (exact) mass is 1830 g/mol. The minimum atomic E-state index is -1.78. The van der Waals surface area contributed by atoms with Crippen molar-refractivity contribution in [3.8, 4) is 56.0 Å². The quantitative estimate of drug-likeness (QED) is 0.106. The fraction of sp³-hybridized carbons (Fsp3) is 0.0400. The SMILES string of the molecule is CC1(C)c2ccccc2N(c2ccc(-c3ccnc4c3ccc3cccnc34)cc2)c2ccccc21.C[Si]1(C)c2ccccc2N(c2ccc(-c3ccnc4c3ccc3cccnc34)cc2)c2ccccc21.c1ccc2c(c1)Oc1ccccc1N2c1ccc(-c2ccnc3c2ccc2cccnc23)cc1.c1ccc2c(c1)Sc1ccccc1N2c1ccc(-c2ccnc3c2ccc2cccnc23)cc1. The maximum Gasteiger partial charge on any atom is 0.151 e. The Morgan fingerprint density at radius 1 is 0.221 bits per heavy atom. The van der Waals surface area contributed by atoms with Crippen molar-refractivity contribution in [1.82, 2.24) is 39.9 Å². The highest BCUT2D eigenvalue weighted by Gasteiger charge is 2.40. The summed E-state index contributed by atoms with van der Waals surface area (Å²) in [4.78, 5) is 49.0. The fourth-order valence-electron chi connectivity index (χ4n) is 21.0. The second kappa shape index (κ2) is 34.9. The molecule has 0 spiro atoms. The smallest absolute Gasteiger partial charge is 0.151 e. The Morgan fingerprint density at radius 2 is 0.479 bits per heavy atom. The van der Waals surface area contributed by atoms with Gasteiger partial charge in [-0.05, 0) is 236 Å². The number of benzene rings is 16. The summed E-state index contributed by atoms with van der Waals surface area (Å²) in [6, 6.07) is 146. The van der Waals surface area contributed by atoms with Gasteiger partial charge in [-0.3, -0.25) is 39.9 Å². The molecule has 0 unspecified atom stereocenters. The number of nitrogens with zero attached hydrogens (tertiary/aromatic N) is 12. The first-order chi connectivity index (χ1) is 69.0. The molecule has 15 heteroatoms. The number of para-hydroxylation sites is 10. The number of rotatable bonds is 8. The number of pyridine rings is 8. The molecule has 664 valence electrons. The molecular formula is C125H88N12OSSi. The van der Waals surface area contributed by atoms with Gasteiger partial charge in [0.1, 0.15) is 8.07 Å². The summed E-state index contributed by atoms with van der Waals surface area (Å²) < 4.78 is 6.15. The van der Waals surface area contributed by atoms with Crippen LogP contribution in [0.15, 0.2) is 472 Å². The first-order valence-electron chi connectivity index (χ1n) is 47.2. The standard InChI is InChI=1S/C33H25N3.C32H25N3Si.C30H19N3O.C30H19N3S/c1-33(2)27-9-3-5-11-29(27)36(30-12-6-4-10-28(30)33)24-16-13-22(14-17-24)25-19-21-35-32-26(25)18-15-23-8-7-20-34-31(23)32;1-36(2)29-11-5-3-9-27(29)35(28-10-4-6-12-30(28)36)24-16-13-22(14-17-24)25-19-21-34-32-26(25)18-15-23-8-7-20-33-31(23)32;2*1-3-9-27-25(7-1)33(26-8-2-4-10-28(26)34-27)22-14-11-20(12-15-22)23-17-19-32-30-24(23)16-13-21-6-5-18-31-29(21)30/h2*3-21H,1-2H3;2*1-19H. The Balaban J connectivity index is 0.0000000986. The normalized spacial score (nSPS) is 13.2. The molecule has 8 aromatic heterocycles. The lowest BCUT2D eigenvalue weighted by molar-refractivity contribution is 0.477. The molecule has 0 atom stereocenters. The third kappa shape index (κ3) is 14.6. The minimum absolute atomic E-state index is 0.0591. The van der Waals surface area contributed by atoms with Gasteiger partial charge in [0.2, 0.25) is 0 Å². The van der Waals surface area contributed by atoms with Crippen molar-refractivity contribution in [2.24, 2.45) is 0 Å². The van der Waals surface area contributed by atoms with Crippen LogP contribution < -0.4 is 34.7 Å². The predicted octanol–water partition coefficient (Wildman–Crippen LogP) is 32.0. The van der Waals surface area contributed by atoms with Crippen LogP contribution in [0.2, 0.25) is 13.1 Å². The predicted molar refractivity (Wildman–Crippen MR) is 582 cm³/mol. The van der Waals surface area contributed by atoms with Crippen LogP contribution in [0.4, 0.5) is 68.2 Å². The molecule has 24 aromatic rings. The highest BCUT2D eigenvalue weighted by Crippen LogP contribution is 2.56. The molecule has 0 radical (unpaired) electrons. The molecule has 0 bridgehead atoms. The van der Waals surface area contributed by atoms with Crippen LogP contribution in [0, 0.1) is 0 Å². The zero-order chi connectivity index (χ0) is 93.5. The van der Waals surface area contributed by atoms with Gasteiger partial charge >= 0.3 is 0 Å². The van der Waals surface area contributed by atoms with E-state index in [-0.39, 0.29) is 5.41 Å². The highest BCUT2D eigenvalue weighted by molar-refractivity contribution is 7.99. The van der Waals surface area contributed by atoms with Crippen LogP contribution in [0.3, 0.4) is 0 Å². The second-order valence-corrected chi connectivity index (χ2v) is 41.9. The maximum absolute atomic E-state index is 6.15. The molecule has 0 saturated heterocycles. The molecule has 12 heterocycles. The summed E-state index contributed by atoms with van der Waals surface area (Å²) in [5, 5.41) is 11.8. The van der Waals surface area contributed by atoms with Gasteiger partial charge in [-0.15, -0.1) is 0 Å². The number of hydrogen-bond acceptors (Lipinski definition) is 14. The van der Waals surface area contributed by atoms with Crippen LogP contribution in [0.1, 0.15) is 25.0 Å². The van der Waals surface area contributed by atoms with Gasteiger partial charge in [0.05, 0.1) is 78.3 Å². The van der Waals surface area contributed by atoms with Crippen molar-refractivity contribution in [3.05, 3.63) is 473 Å².